The van der Waals surface area contributed by atoms with Crippen molar-refractivity contribution >= 4 is 45.0 Å². The zero-order valence-electron chi connectivity index (χ0n) is 20.5. The molecule has 5 aromatic rings. The van der Waals surface area contributed by atoms with Crippen LogP contribution in [0.1, 0.15) is 26.3 Å². The van der Waals surface area contributed by atoms with Crippen molar-refractivity contribution in [3.8, 4) is 11.1 Å². The van der Waals surface area contributed by atoms with E-state index in [4.69, 9.17) is 0 Å². The van der Waals surface area contributed by atoms with Gasteiger partial charge in [-0.05, 0) is 77.5 Å². The second-order valence-corrected chi connectivity index (χ2v) is 9.94. The summed E-state index contributed by atoms with van der Waals surface area (Å²) in [5.74, 6) is -1.19. The first-order chi connectivity index (χ1) is 18.4. The van der Waals surface area contributed by atoms with Gasteiger partial charge in [-0.15, -0.1) is 0 Å². The number of benzene rings is 5. The fourth-order valence-electron chi connectivity index (χ4n) is 4.34. The van der Waals surface area contributed by atoms with Crippen LogP contribution in [0.3, 0.4) is 0 Å². The summed E-state index contributed by atoms with van der Waals surface area (Å²) in [5.41, 5.74) is 4.53. The molecule has 0 fully saturated rings. The number of carbonyl (C=O) groups is 2. The van der Waals surface area contributed by atoms with Gasteiger partial charge in [0.25, 0.3) is 5.91 Å². The van der Waals surface area contributed by atoms with E-state index in [0.717, 1.165) is 27.5 Å². The molecule has 1 atom stereocenters. The van der Waals surface area contributed by atoms with E-state index in [2.05, 4.69) is 10.0 Å². The lowest BCUT2D eigenvalue weighted by Gasteiger charge is -2.15. The molecular formula is C31H24N2O4S. The van der Waals surface area contributed by atoms with E-state index >= 15 is 0 Å². The molecule has 3 N–H and O–H groups in total. The Bertz CT molecular complexity index is 1700. The van der Waals surface area contributed by atoms with Crippen molar-refractivity contribution in [1.82, 2.24) is 0 Å². The molecule has 0 aromatic heterocycles. The highest BCUT2D eigenvalue weighted by Crippen LogP contribution is 2.34. The van der Waals surface area contributed by atoms with Crippen LogP contribution in [0.5, 0.6) is 0 Å². The van der Waals surface area contributed by atoms with Crippen LogP contribution in [-0.2, 0) is 11.0 Å². The molecule has 0 bridgehead atoms. The smallest absolute Gasteiger partial charge is 0.335 e. The van der Waals surface area contributed by atoms with Crippen molar-refractivity contribution in [2.45, 2.75) is 11.8 Å². The number of carboxylic acid groups (broad SMARTS) is 1. The van der Waals surface area contributed by atoms with Crippen molar-refractivity contribution < 1.29 is 18.9 Å². The summed E-state index contributed by atoms with van der Waals surface area (Å²) in [4.78, 5) is 24.5. The lowest BCUT2D eigenvalue weighted by atomic mass is 9.96. The minimum absolute atomic E-state index is 0.211. The number of nitrogens with one attached hydrogen (secondary N) is 2. The quantitative estimate of drug-likeness (QED) is 0.217. The maximum atomic E-state index is 13.4. The van der Waals surface area contributed by atoms with Crippen molar-refractivity contribution in [1.29, 1.82) is 0 Å². The van der Waals surface area contributed by atoms with E-state index in [-0.39, 0.29) is 11.5 Å². The third-order valence-corrected chi connectivity index (χ3v) is 7.48. The minimum Gasteiger partial charge on any atom is -0.478 e. The Balaban J connectivity index is 1.40. The summed E-state index contributed by atoms with van der Waals surface area (Å²) in [7, 11) is -1.56. The number of rotatable bonds is 7. The molecule has 0 aliphatic heterocycles. The van der Waals surface area contributed by atoms with E-state index in [0.29, 0.717) is 21.8 Å². The number of fused-ring (bicyclic) bond motifs is 1. The topological polar surface area (TPSA) is 95.5 Å². The number of amides is 1. The Kier molecular flexibility index (Phi) is 7.02. The third-order valence-electron chi connectivity index (χ3n) is 6.22. The average Bonchev–Trinajstić information content (AvgIpc) is 2.93. The van der Waals surface area contributed by atoms with Gasteiger partial charge in [0.05, 0.1) is 16.1 Å². The Hall–Kier alpha value is -4.75. The van der Waals surface area contributed by atoms with Gasteiger partial charge in [-0.3, -0.25) is 4.79 Å². The molecule has 1 amide bonds. The third kappa shape index (κ3) is 5.19. The Labute approximate surface area is 222 Å². The second-order valence-electron chi connectivity index (χ2n) is 8.76. The summed E-state index contributed by atoms with van der Waals surface area (Å²) < 4.78 is 16.5. The van der Waals surface area contributed by atoms with Crippen LogP contribution in [0, 0.1) is 6.92 Å². The van der Waals surface area contributed by atoms with E-state index in [1.807, 2.05) is 67.6 Å². The maximum Gasteiger partial charge on any atom is 0.335 e. The first-order valence-corrected chi connectivity index (χ1v) is 13.1. The molecule has 6 nitrogen and oxygen atoms in total. The summed E-state index contributed by atoms with van der Waals surface area (Å²) in [6.07, 6.45) is 0. The summed E-state index contributed by atoms with van der Waals surface area (Å²) in [6, 6.07) is 32.5. The summed E-state index contributed by atoms with van der Waals surface area (Å²) >= 11 is 0. The van der Waals surface area contributed by atoms with Crippen molar-refractivity contribution in [2.75, 3.05) is 10.0 Å². The maximum absolute atomic E-state index is 13.4. The standard InChI is InChI=1S/C31H24N2O4S/c1-20-18-24(32-30(34)21-8-3-2-4-9-21)14-17-29(20)38(37)33-28-16-15-25(26-12-5-6-13-27(26)28)22-10-7-11-23(19-22)31(35)36/h2-19,33H,1H3,(H,32,34)(H,35,36). The van der Waals surface area contributed by atoms with E-state index in [1.165, 1.54) is 0 Å². The van der Waals surface area contributed by atoms with Gasteiger partial charge in [-0.1, -0.05) is 60.7 Å². The molecule has 5 aromatic carbocycles. The normalized spacial score (nSPS) is 11.6. The highest BCUT2D eigenvalue weighted by Gasteiger charge is 2.14. The van der Waals surface area contributed by atoms with Gasteiger partial charge < -0.3 is 15.1 Å². The van der Waals surface area contributed by atoms with Crippen LogP contribution in [0.2, 0.25) is 0 Å². The number of carbonyl (C=O) groups excluding carboxylic acids is 1. The molecule has 188 valence electrons. The van der Waals surface area contributed by atoms with Gasteiger partial charge in [0.1, 0.15) is 0 Å². The Morgan fingerprint density at radius 3 is 2.18 bits per heavy atom. The molecule has 0 saturated heterocycles. The SMILES string of the molecule is Cc1cc(NC(=O)c2ccccc2)ccc1S(=O)Nc1ccc(-c2cccc(C(=O)O)c2)c2ccccc12. The largest absolute Gasteiger partial charge is 0.478 e. The number of anilines is 2. The van der Waals surface area contributed by atoms with Gasteiger partial charge in [-0.2, -0.15) is 0 Å². The van der Waals surface area contributed by atoms with E-state index in [1.54, 1.807) is 48.5 Å². The predicted octanol–water partition coefficient (Wildman–Crippen LogP) is 6.90. The van der Waals surface area contributed by atoms with Crippen LogP contribution in [0.4, 0.5) is 11.4 Å². The van der Waals surface area contributed by atoms with E-state index in [9.17, 15) is 18.9 Å². The number of aryl methyl sites for hydroxylation is 1. The molecule has 0 aliphatic rings. The van der Waals surface area contributed by atoms with Crippen molar-refractivity contribution in [3.63, 3.8) is 0 Å². The van der Waals surface area contributed by atoms with Gasteiger partial charge in [0.2, 0.25) is 0 Å². The fraction of sp³-hybridized carbons (Fsp3) is 0.0323. The van der Waals surface area contributed by atoms with Gasteiger partial charge in [-0.25, -0.2) is 9.00 Å². The molecule has 0 aliphatic carbocycles. The molecule has 0 spiro atoms. The zero-order valence-corrected chi connectivity index (χ0v) is 21.3. The monoisotopic (exact) mass is 520 g/mol. The average molecular weight is 521 g/mol. The van der Waals surface area contributed by atoms with Gasteiger partial charge in [0.15, 0.2) is 11.0 Å². The molecule has 0 radical (unpaired) electrons. The van der Waals surface area contributed by atoms with E-state index < -0.39 is 17.0 Å². The number of carboxylic acids is 1. The molecule has 1 unspecified atom stereocenters. The molecule has 7 heteroatoms. The molecular weight excluding hydrogens is 496 g/mol. The van der Waals surface area contributed by atoms with Crippen LogP contribution in [-0.4, -0.2) is 21.2 Å². The van der Waals surface area contributed by atoms with Crippen LogP contribution in [0.15, 0.2) is 114 Å². The van der Waals surface area contributed by atoms with Crippen molar-refractivity contribution in [3.05, 3.63) is 126 Å². The first-order valence-electron chi connectivity index (χ1n) is 11.9. The van der Waals surface area contributed by atoms with Crippen LogP contribution >= 0.6 is 0 Å². The van der Waals surface area contributed by atoms with Gasteiger partial charge >= 0.3 is 5.97 Å². The van der Waals surface area contributed by atoms with Crippen LogP contribution in [0.25, 0.3) is 21.9 Å². The lowest BCUT2D eigenvalue weighted by molar-refractivity contribution is 0.0696. The molecule has 5 rings (SSSR count). The van der Waals surface area contributed by atoms with Crippen LogP contribution < -0.4 is 10.0 Å². The number of hydrogen-bond donors (Lipinski definition) is 3. The number of aromatic carboxylic acids is 1. The highest BCUT2D eigenvalue weighted by atomic mass is 32.2. The fourth-order valence-corrected chi connectivity index (χ4v) is 5.37. The van der Waals surface area contributed by atoms with Gasteiger partial charge in [0, 0.05) is 16.6 Å². The van der Waals surface area contributed by atoms with Crippen molar-refractivity contribution in [2.24, 2.45) is 0 Å². The Morgan fingerprint density at radius 1 is 0.737 bits per heavy atom. The molecule has 0 saturated carbocycles. The summed E-state index contributed by atoms with van der Waals surface area (Å²) in [5, 5.41) is 14.0. The Morgan fingerprint density at radius 2 is 1.45 bits per heavy atom. The zero-order chi connectivity index (χ0) is 26.6. The second kappa shape index (κ2) is 10.7. The first kappa shape index (κ1) is 24.9. The molecule has 38 heavy (non-hydrogen) atoms. The number of hydrogen-bond acceptors (Lipinski definition) is 3. The lowest BCUT2D eigenvalue weighted by Crippen LogP contribution is -2.12. The highest BCUT2D eigenvalue weighted by molar-refractivity contribution is 7.86. The summed E-state index contributed by atoms with van der Waals surface area (Å²) in [6.45, 7) is 1.85. The minimum atomic E-state index is -1.56. The molecule has 0 heterocycles. The predicted molar refractivity (Wildman–Crippen MR) is 152 cm³/mol.